The highest BCUT2D eigenvalue weighted by atomic mass is 32.1. The molecule has 0 aliphatic carbocycles. The minimum atomic E-state index is -0.480. The van der Waals surface area contributed by atoms with Gasteiger partial charge in [-0.3, -0.25) is 4.79 Å². The van der Waals surface area contributed by atoms with Crippen LogP contribution in [0.4, 0.5) is 0 Å². The van der Waals surface area contributed by atoms with Crippen LogP contribution in [0.1, 0.15) is 31.9 Å². The molecule has 5 nitrogen and oxygen atoms in total. The average Bonchev–Trinajstić information content (AvgIpc) is 3.28. The number of amides is 1. The first kappa shape index (κ1) is 18.9. The molecule has 0 radical (unpaired) electrons. The smallest absolute Gasteiger partial charge is 0.341 e. The zero-order chi connectivity index (χ0) is 19.4. The monoisotopic (exact) mass is 382 g/mol. The summed E-state index contributed by atoms with van der Waals surface area (Å²) in [6.45, 7) is 5.97. The van der Waals surface area contributed by atoms with Crippen molar-refractivity contribution < 1.29 is 14.3 Å². The standard InChI is InChI=1S/C21H22N2O3S/c1-14-8-4-5-9-17(14)12-22-18(24)13-26-21(25)19-15(2)16(3)27-20(19)23-10-6-7-11-23/h4-11H,12-13H2,1-3H3,(H,22,24). The lowest BCUT2D eigenvalue weighted by atomic mass is 10.1. The Labute approximate surface area is 162 Å². The molecule has 3 aromatic rings. The van der Waals surface area contributed by atoms with Gasteiger partial charge in [0.05, 0.1) is 5.56 Å². The molecule has 1 amide bonds. The summed E-state index contributed by atoms with van der Waals surface area (Å²) < 4.78 is 7.17. The van der Waals surface area contributed by atoms with Crippen molar-refractivity contribution in [2.24, 2.45) is 0 Å². The minimum absolute atomic E-state index is 0.301. The van der Waals surface area contributed by atoms with Crippen LogP contribution in [0.3, 0.4) is 0 Å². The van der Waals surface area contributed by atoms with E-state index in [0.29, 0.717) is 12.1 Å². The molecule has 27 heavy (non-hydrogen) atoms. The Morgan fingerprint density at radius 1 is 1.07 bits per heavy atom. The highest BCUT2D eigenvalue weighted by Crippen LogP contribution is 2.31. The Hall–Kier alpha value is -2.86. The lowest BCUT2D eigenvalue weighted by Crippen LogP contribution is -2.28. The van der Waals surface area contributed by atoms with Crippen LogP contribution >= 0.6 is 11.3 Å². The maximum absolute atomic E-state index is 12.6. The van der Waals surface area contributed by atoms with Crippen molar-refractivity contribution in [2.45, 2.75) is 27.3 Å². The van der Waals surface area contributed by atoms with Crippen molar-refractivity contribution in [2.75, 3.05) is 6.61 Å². The number of carbonyl (C=O) groups excluding carboxylic acids is 2. The molecule has 0 unspecified atom stereocenters. The van der Waals surface area contributed by atoms with E-state index >= 15 is 0 Å². The number of ether oxygens (including phenoxy) is 1. The Kier molecular flexibility index (Phi) is 5.76. The highest BCUT2D eigenvalue weighted by molar-refractivity contribution is 7.15. The van der Waals surface area contributed by atoms with Gasteiger partial charge in [-0.2, -0.15) is 0 Å². The van der Waals surface area contributed by atoms with Crippen LogP contribution in [0.15, 0.2) is 48.8 Å². The first-order valence-electron chi connectivity index (χ1n) is 8.69. The highest BCUT2D eigenvalue weighted by Gasteiger charge is 2.22. The van der Waals surface area contributed by atoms with Gasteiger partial charge in [0, 0.05) is 23.8 Å². The summed E-state index contributed by atoms with van der Waals surface area (Å²) in [4.78, 5) is 25.7. The van der Waals surface area contributed by atoms with Gasteiger partial charge in [0.15, 0.2) is 6.61 Å². The van der Waals surface area contributed by atoms with Crippen LogP contribution in [-0.2, 0) is 16.1 Å². The SMILES string of the molecule is Cc1ccccc1CNC(=O)COC(=O)c1c(-n2cccc2)sc(C)c1C. The van der Waals surface area contributed by atoms with Crippen LogP contribution in [0.25, 0.3) is 5.00 Å². The second kappa shape index (κ2) is 8.22. The van der Waals surface area contributed by atoms with Crippen LogP contribution in [0.2, 0.25) is 0 Å². The molecule has 0 bridgehead atoms. The van der Waals surface area contributed by atoms with Crippen molar-refractivity contribution in [3.8, 4) is 5.00 Å². The Morgan fingerprint density at radius 2 is 1.78 bits per heavy atom. The van der Waals surface area contributed by atoms with Crippen molar-refractivity contribution in [1.82, 2.24) is 9.88 Å². The van der Waals surface area contributed by atoms with Crippen LogP contribution in [0, 0.1) is 20.8 Å². The lowest BCUT2D eigenvalue weighted by Gasteiger charge is -2.10. The molecule has 2 heterocycles. The molecule has 2 aromatic heterocycles. The van der Waals surface area contributed by atoms with E-state index in [2.05, 4.69) is 5.32 Å². The number of nitrogens with one attached hydrogen (secondary N) is 1. The van der Waals surface area contributed by atoms with Gasteiger partial charge < -0.3 is 14.6 Å². The number of aryl methyl sites for hydroxylation is 2. The first-order valence-corrected chi connectivity index (χ1v) is 9.50. The van der Waals surface area contributed by atoms with Gasteiger partial charge in [-0.25, -0.2) is 4.79 Å². The molecule has 6 heteroatoms. The quantitative estimate of drug-likeness (QED) is 0.657. The fourth-order valence-corrected chi connectivity index (χ4v) is 3.87. The van der Waals surface area contributed by atoms with Gasteiger partial charge in [0.2, 0.25) is 0 Å². The predicted octanol–water partition coefficient (Wildman–Crippen LogP) is 3.94. The molecule has 0 spiro atoms. The molecule has 0 aliphatic rings. The largest absolute Gasteiger partial charge is 0.452 e. The van der Waals surface area contributed by atoms with E-state index < -0.39 is 5.97 Å². The molecular weight excluding hydrogens is 360 g/mol. The molecular formula is C21H22N2O3S. The molecule has 0 fully saturated rings. The van der Waals surface area contributed by atoms with Gasteiger partial charge in [-0.1, -0.05) is 24.3 Å². The summed E-state index contributed by atoms with van der Waals surface area (Å²) >= 11 is 1.53. The van der Waals surface area contributed by atoms with E-state index in [1.165, 1.54) is 11.3 Å². The zero-order valence-electron chi connectivity index (χ0n) is 15.6. The van der Waals surface area contributed by atoms with Gasteiger partial charge in [-0.05, 0) is 49.6 Å². The molecule has 1 N–H and O–H groups in total. The number of hydrogen-bond donors (Lipinski definition) is 1. The third-order valence-corrected chi connectivity index (χ3v) is 5.70. The number of hydrogen-bond acceptors (Lipinski definition) is 4. The fraction of sp³-hybridized carbons (Fsp3) is 0.238. The summed E-state index contributed by atoms with van der Waals surface area (Å²) in [5, 5.41) is 3.60. The summed E-state index contributed by atoms with van der Waals surface area (Å²) in [6, 6.07) is 11.6. The van der Waals surface area contributed by atoms with E-state index in [0.717, 1.165) is 26.6 Å². The predicted molar refractivity (Wildman–Crippen MR) is 106 cm³/mol. The van der Waals surface area contributed by atoms with E-state index in [1.807, 2.05) is 74.1 Å². The Bertz CT molecular complexity index is 958. The maximum Gasteiger partial charge on any atom is 0.341 e. The van der Waals surface area contributed by atoms with E-state index in [1.54, 1.807) is 0 Å². The zero-order valence-corrected chi connectivity index (χ0v) is 16.4. The Balaban J connectivity index is 1.63. The van der Waals surface area contributed by atoms with Crippen LogP contribution < -0.4 is 5.32 Å². The van der Waals surface area contributed by atoms with Crippen molar-refractivity contribution >= 4 is 23.2 Å². The summed E-state index contributed by atoms with van der Waals surface area (Å²) in [7, 11) is 0. The topological polar surface area (TPSA) is 60.3 Å². The second-order valence-electron chi connectivity index (χ2n) is 6.33. The number of benzene rings is 1. The normalized spacial score (nSPS) is 10.6. The van der Waals surface area contributed by atoms with Gasteiger partial charge in [-0.15, -0.1) is 11.3 Å². The molecule has 0 atom stereocenters. The molecule has 3 rings (SSSR count). The van der Waals surface area contributed by atoms with Crippen LogP contribution in [-0.4, -0.2) is 23.1 Å². The minimum Gasteiger partial charge on any atom is -0.452 e. The fourth-order valence-electron chi connectivity index (χ4n) is 2.76. The number of rotatable bonds is 6. The second-order valence-corrected chi connectivity index (χ2v) is 7.54. The maximum atomic E-state index is 12.6. The number of thiophene rings is 1. The summed E-state index contributed by atoms with van der Waals surface area (Å²) in [5.74, 6) is -0.801. The van der Waals surface area contributed by atoms with Crippen molar-refractivity contribution in [3.05, 3.63) is 75.9 Å². The molecule has 0 saturated heterocycles. The number of carbonyl (C=O) groups is 2. The third-order valence-electron chi connectivity index (χ3n) is 4.48. The lowest BCUT2D eigenvalue weighted by molar-refractivity contribution is -0.124. The van der Waals surface area contributed by atoms with E-state index in [9.17, 15) is 9.59 Å². The van der Waals surface area contributed by atoms with Crippen molar-refractivity contribution in [3.63, 3.8) is 0 Å². The average molecular weight is 382 g/mol. The number of nitrogens with zero attached hydrogens (tertiary/aromatic N) is 1. The Morgan fingerprint density at radius 3 is 2.48 bits per heavy atom. The number of aromatic nitrogens is 1. The van der Waals surface area contributed by atoms with Crippen molar-refractivity contribution in [1.29, 1.82) is 0 Å². The molecule has 0 aliphatic heterocycles. The molecule has 0 saturated carbocycles. The first-order chi connectivity index (χ1) is 13.0. The third kappa shape index (κ3) is 4.28. The van der Waals surface area contributed by atoms with Gasteiger partial charge in [0.25, 0.3) is 5.91 Å². The van der Waals surface area contributed by atoms with E-state index in [-0.39, 0.29) is 12.5 Å². The van der Waals surface area contributed by atoms with Gasteiger partial charge >= 0.3 is 5.97 Å². The molecule has 1 aromatic carbocycles. The van der Waals surface area contributed by atoms with E-state index in [4.69, 9.17) is 4.74 Å². The summed E-state index contributed by atoms with van der Waals surface area (Å²) in [6.07, 6.45) is 3.77. The van der Waals surface area contributed by atoms with Gasteiger partial charge in [0.1, 0.15) is 5.00 Å². The van der Waals surface area contributed by atoms with Crippen LogP contribution in [0.5, 0.6) is 0 Å². The molecule has 140 valence electrons. The number of esters is 1. The summed E-state index contributed by atoms with van der Waals surface area (Å²) in [5.41, 5.74) is 3.54.